The number of benzene rings is 3. The molecule has 1 amide bonds. The van der Waals surface area contributed by atoms with Crippen molar-refractivity contribution in [3.63, 3.8) is 0 Å². The Hall–Kier alpha value is -3.45. The van der Waals surface area contributed by atoms with Crippen molar-refractivity contribution in [2.75, 3.05) is 19.1 Å². The Labute approximate surface area is 177 Å². The number of amides is 1. The number of hydrogen-bond acceptors (Lipinski definition) is 5. The molecule has 0 aliphatic rings. The highest BCUT2D eigenvalue weighted by Gasteiger charge is 2.25. The van der Waals surface area contributed by atoms with E-state index < -0.39 is 5.82 Å². The Bertz CT molecular complexity index is 1190. The fourth-order valence-corrected chi connectivity index (χ4v) is 4.12. The number of anilines is 1. The van der Waals surface area contributed by atoms with E-state index in [0.717, 1.165) is 5.56 Å². The number of methoxy groups -OCH3 is 2. The summed E-state index contributed by atoms with van der Waals surface area (Å²) >= 11 is 1.27. The van der Waals surface area contributed by atoms with Gasteiger partial charge in [-0.2, -0.15) is 0 Å². The SMILES string of the molecule is COc1ccc(OC)c(C(=O)N(Cc2ccccc2)c2nc3c(F)cccc3s2)c1. The van der Waals surface area contributed by atoms with Gasteiger partial charge in [0.2, 0.25) is 0 Å². The first-order valence-electron chi connectivity index (χ1n) is 9.23. The molecule has 0 bridgehead atoms. The number of thiazole rings is 1. The van der Waals surface area contributed by atoms with Crippen LogP contribution in [0, 0.1) is 5.82 Å². The van der Waals surface area contributed by atoms with Crippen molar-refractivity contribution in [3.8, 4) is 11.5 Å². The van der Waals surface area contributed by atoms with Crippen molar-refractivity contribution in [2.45, 2.75) is 6.54 Å². The molecule has 30 heavy (non-hydrogen) atoms. The molecule has 7 heteroatoms. The summed E-state index contributed by atoms with van der Waals surface area (Å²) in [5.74, 6) is 0.232. The number of fused-ring (bicyclic) bond motifs is 1. The summed E-state index contributed by atoms with van der Waals surface area (Å²) in [5.41, 5.74) is 1.51. The van der Waals surface area contributed by atoms with Crippen LogP contribution in [-0.4, -0.2) is 25.1 Å². The molecule has 1 aromatic heterocycles. The molecule has 0 aliphatic carbocycles. The lowest BCUT2D eigenvalue weighted by Gasteiger charge is -2.21. The molecule has 4 aromatic rings. The Kier molecular flexibility index (Phi) is 5.63. The summed E-state index contributed by atoms with van der Waals surface area (Å²) in [6.07, 6.45) is 0. The van der Waals surface area contributed by atoms with E-state index >= 15 is 0 Å². The normalized spacial score (nSPS) is 10.8. The highest BCUT2D eigenvalue weighted by molar-refractivity contribution is 7.22. The van der Waals surface area contributed by atoms with Gasteiger partial charge in [0, 0.05) is 0 Å². The number of rotatable bonds is 6. The van der Waals surface area contributed by atoms with Gasteiger partial charge < -0.3 is 9.47 Å². The molecule has 0 saturated heterocycles. The molecule has 5 nitrogen and oxygen atoms in total. The topological polar surface area (TPSA) is 51.7 Å². The average molecular weight is 422 g/mol. The Balaban J connectivity index is 1.82. The quantitative estimate of drug-likeness (QED) is 0.423. The van der Waals surface area contributed by atoms with Crippen LogP contribution in [0.3, 0.4) is 0 Å². The van der Waals surface area contributed by atoms with E-state index in [1.54, 1.807) is 30.3 Å². The van der Waals surface area contributed by atoms with Crippen LogP contribution in [0.25, 0.3) is 10.2 Å². The number of carbonyl (C=O) groups excluding carboxylic acids is 1. The molecule has 0 aliphatic heterocycles. The van der Waals surface area contributed by atoms with Crippen LogP contribution >= 0.6 is 11.3 Å². The number of aromatic nitrogens is 1. The minimum absolute atomic E-state index is 0.251. The monoisotopic (exact) mass is 422 g/mol. The van der Waals surface area contributed by atoms with Gasteiger partial charge in [0.05, 0.1) is 31.0 Å². The zero-order valence-electron chi connectivity index (χ0n) is 16.5. The van der Waals surface area contributed by atoms with Crippen molar-refractivity contribution >= 4 is 32.6 Å². The maximum atomic E-state index is 14.2. The molecule has 0 saturated carbocycles. The number of ether oxygens (including phenoxy) is 2. The minimum atomic E-state index is -0.416. The van der Waals surface area contributed by atoms with Gasteiger partial charge in [-0.25, -0.2) is 9.37 Å². The lowest BCUT2D eigenvalue weighted by atomic mass is 10.1. The van der Waals surface area contributed by atoms with Gasteiger partial charge in [0.1, 0.15) is 22.8 Å². The predicted molar refractivity (Wildman–Crippen MR) is 116 cm³/mol. The highest BCUT2D eigenvalue weighted by Crippen LogP contribution is 2.34. The van der Waals surface area contributed by atoms with E-state index in [9.17, 15) is 9.18 Å². The van der Waals surface area contributed by atoms with Crippen LogP contribution < -0.4 is 14.4 Å². The van der Waals surface area contributed by atoms with E-state index in [1.165, 1.54) is 36.5 Å². The Morgan fingerprint density at radius 1 is 1.03 bits per heavy atom. The maximum Gasteiger partial charge on any atom is 0.264 e. The van der Waals surface area contributed by atoms with Gasteiger partial charge in [0.25, 0.3) is 5.91 Å². The summed E-state index contributed by atoms with van der Waals surface area (Å²) in [4.78, 5) is 19.6. The average Bonchev–Trinajstić information content (AvgIpc) is 3.22. The third kappa shape index (κ3) is 3.84. The van der Waals surface area contributed by atoms with E-state index in [-0.39, 0.29) is 18.0 Å². The first-order chi connectivity index (χ1) is 14.6. The molecule has 0 spiro atoms. The maximum absolute atomic E-state index is 14.2. The second-order valence-corrected chi connectivity index (χ2v) is 7.54. The lowest BCUT2D eigenvalue weighted by Crippen LogP contribution is -2.30. The largest absolute Gasteiger partial charge is 0.497 e. The van der Waals surface area contributed by atoms with Crippen LogP contribution in [0.1, 0.15) is 15.9 Å². The van der Waals surface area contributed by atoms with Gasteiger partial charge in [-0.1, -0.05) is 47.7 Å². The Morgan fingerprint density at radius 3 is 2.53 bits per heavy atom. The second kappa shape index (κ2) is 8.51. The molecule has 0 radical (unpaired) electrons. The smallest absolute Gasteiger partial charge is 0.264 e. The van der Waals surface area contributed by atoms with Gasteiger partial charge in [-0.15, -0.1) is 0 Å². The van der Waals surface area contributed by atoms with Gasteiger partial charge in [-0.05, 0) is 35.9 Å². The number of hydrogen-bond donors (Lipinski definition) is 0. The lowest BCUT2D eigenvalue weighted by molar-refractivity contribution is 0.0982. The van der Waals surface area contributed by atoms with Crippen molar-refractivity contribution in [1.82, 2.24) is 4.98 Å². The van der Waals surface area contributed by atoms with Crippen molar-refractivity contribution in [3.05, 3.63) is 83.7 Å². The fraction of sp³-hybridized carbons (Fsp3) is 0.130. The molecule has 0 fully saturated rings. The van der Waals surface area contributed by atoms with Crippen LogP contribution in [-0.2, 0) is 6.54 Å². The first-order valence-corrected chi connectivity index (χ1v) is 10.0. The van der Waals surface area contributed by atoms with Crippen molar-refractivity contribution in [2.24, 2.45) is 0 Å². The Morgan fingerprint density at radius 2 is 1.83 bits per heavy atom. The summed E-state index contributed by atoms with van der Waals surface area (Å²) < 4.78 is 25.6. The third-order valence-electron chi connectivity index (χ3n) is 4.66. The van der Waals surface area contributed by atoms with Gasteiger partial charge >= 0.3 is 0 Å². The van der Waals surface area contributed by atoms with E-state index in [0.29, 0.717) is 26.9 Å². The zero-order valence-corrected chi connectivity index (χ0v) is 17.3. The summed E-state index contributed by atoms with van der Waals surface area (Å²) in [6.45, 7) is 0.279. The van der Waals surface area contributed by atoms with Crippen LogP contribution in [0.15, 0.2) is 66.7 Å². The molecule has 0 atom stereocenters. The van der Waals surface area contributed by atoms with E-state index in [1.807, 2.05) is 30.3 Å². The molecule has 4 rings (SSSR count). The zero-order chi connectivity index (χ0) is 21.1. The fourth-order valence-electron chi connectivity index (χ4n) is 3.14. The number of para-hydroxylation sites is 1. The second-order valence-electron chi connectivity index (χ2n) is 6.53. The van der Waals surface area contributed by atoms with Crippen molar-refractivity contribution in [1.29, 1.82) is 0 Å². The van der Waals surface area contributed by atoms with Crippen LogP contribution in [0.4, 0.5) is 9.52 Å². The number of halogens is 1. The summed E-state index contributed by atoms with van der Waals surface area (Å²) in [7, 11) is 3.04. The summed E-state index contributed by atoms with van der Waals surface area (Å²) in [6, 6.07) is 19.4. The molecular weight excluding hydrogens is 403 g/mol. The molecule has 1 heterocycles. The minimum Gasteiger partial charge on any atom is -0.497 e. The highest BCUT2D eigenvalue weighted by atomic mass is 32.1. The predicted octanol–water partition coefficient (Wildman–Crippen LogP) is 5.30. The molecule has 3 aromatic carbocycles. The van der Waals surface area contributed by atoms with Gasteiger partial charge in [-0.3, -0.25) is 9.69 Å². The molecule has 152 valence electrons. The first kappa shape index (κ1) is 19.8. The molecule has 0 N–H and O–H groups in total. The summed E-state index contributed by atoms with van der Waals surface area (Å²) in [5, 5.41) is 0.411. The number of carbonyl (C=O) groups is 1. The third-order valence-corrected chi connectivity index (χ3v) is 5.70. The van der Waals surface area contributed by atoms with E-state index in [2.05, 4.69) is 4.98 Å². The standard InChI is InChI=1S/C23H19FN2O3S/c1-28-16-11-12-19(29-2)17(13-16)22(27)26(14-15-7-4-3-5-8-15)23-25-21-18(24)9-6-10-20(21)30-23/h3-13H,14H2,1-2H3. The van der Waals surface area contributed by atoms with Crippen molar-refractivity contribution < 1.29 is 18.7 Å². The van der Waals surface area contributed by atoms with E-state index in [4.69, 9.17) is 9.47 Å². The molecular formula is C23H19FN2O3S. The number of nitrogens with zero attached hydrogens (tertiary/aromatic N) is 2. The van der Waals surface area contributed by atoms with Gasteiger partial charge in [0.15, 0.2) is 5.13 Å². The van der Waals surface area contributed by atoms with Crippen LogP contribution in [0.5, 0.6) is 11.5 Å². The van der Waals surface area contributed by atoms with Crippen LogP contribution in [0.2, 0.25) is 0 Å². The molecule has 0 unspecified atom stereocenters.